The molecule has 214 valence electrons. The molecule has 0 aliphatic heterocycles. The number of amides is 3. The van der Waals surface area contributed by atoms with E-state index in [1.54, 1.807) is 51.1 Å². The van der Waals surface area contributed by atoms with Gasteiger partial charge in [-0.2, -0.15) is 0 Å². The Balaban J connectivity index is 2.64. The van der Waals surface area contributed by atoms with Gasteiger partial charge in [0.1, 0.15) is 23.4 Å². The Kier molecular flexibility index (Phi) is 11.2. The highest BCUT2D eigenvalue weighted by molar-refractivity contribution is 6.34. The Morgan fingerprint density at radius 2 is 1.67 bits per heavy atom. The van der Waals surface area contributed by atoms with Gasteiger partial charge in [0.2, 0.25) is 5.91 Å². The van der Waals surface area contributed by atoms with Crippen LogP contribution in [0.2, 0.25) is 5.02 Å². The number of phenols is 1. The minimum Gasteiger partial charge on any atom is -0.508 e. The largest absolute Gasteiger partial charge is 0.508 e. The van der Waals surface area contributed by atoms with Crippen LogP contribution >= 0.6 is 11.6 Å². The Morgan fingerprint density at radius 3 is 2.21 bits per heavy atom. The topological polar surface area (TPSA) is 108 Å². The molecule has 2 aromatic rings. The number of carbonyl (C=O) groups is 3. The molecule has 0 bridgehead atoms. The van der Waals surface area contributed by atoms with Crippen molar-refractivity contribution in [2.75, 3.05) is 5.32 Å². The Labute approximate surface area is 237 Å². The fourth-order valence-corrected chi connectivity index (χ4v) is 4.46. The molecular weight excluding hydrogens is 518 g/mol. The first-order valence-electron chi connectivity index (χ1n) is 13.4. The molecule has 9 heteroatoms. The molecule has 0 saturated carbocycles. The summed E-state index contributed by atoms with van der Waals surface area (Å²) in [5.41, 5.74) is 0.673. The van der Waals surface area contributed by atoms with E-state index >= 15 is 0 Å². The predicted molar refractivity (Wildman–Crippen MR) is 155 cm³/mol. The number of hydrogen-bond donors (Lipinski definition) is 3. The quantitative estimate of drug-likeness (QED) is 0.304. The Hall–Kier alpha value is -3.26. The van der Waals surface area contributed by atoms with E-state index in [0.29, 0.717) is 23.6 Å². The first-order valence-corrected chi connectivity index (χ1v) is 13.7. The van der Waals surface area contributed by atoms with Crippen molar-refractivity contribution in [2.45, 2.75) is 92.0 Å². The lowest BCUT2D eigenvalue weighted by Crippen LogP contribution is -2.56. The van der Waals surface area contributed by atoms with Crippen molar-refractivity contribution in [3.8, 4) is 5.75 Å². The van der Waals surface area contributed by atoms with Crippen molar-refractivity contribution in [3.63, 3.8) is 0 Å². The lowest BCUT2D eigenvalue weighted by Gasteiger charge is -2.39. The first-order chi connectivity index (χ1) is 18.2. The second-order valence-corrected chi connectivity index (χ2v) is 11.3. The predicted octanol–water partition coefficient (Wildman–Crippen LogP) is 6.60. The van der Waals surface area contributed by atoms with E-state index in [-0.39, 0.29) is 17.2 Å². The van der Waals surface area contributed by atoms with E-state index in [1.165, 1.54) is 11.0 Å². The number of phenolic OH excluding ortho intramolecular Hbond substituents is 1. The standard InChI is InChI=1S/C30H42ClN3O5/c1-9-18(3)25(33-29(38)39-30(6,7)8)28(37)34(20(5)10-2)26(21-15-11-12-17-23(21)35)27(36)32-24-19(4)14-13-16-22(24)31/h11-18,20,25-26,35H,9-10H2,1-8H3,(H,32,36)(H,33,38). The van der Waals surface area contributed by atoms with Crippen LogP contribution in [0.3, 0.4) is 0 Å². The number of rotatable bonds is 10. The molecule has 2 aromatic carbocycles. The normalized spacial score (nSPS) is 14.5. The van der Waals surface area contributed by atoms with E-state index < -0.39 is 41.6 Å². The minimum absolute atomic E-state index is 0.130. The SMILES string of the molecule is CCC(C)C(NC(=O)OC(C)(C)C)C(=O)N(C(C)CC)C(C(=O)Nc1c(C)cccc1Cl)c1ccccc1O. The third-order valence-corrected chi connectivity index (χ3v) is 7.01. The molecule has 0 spiro atoms. The van der Waals surface area contributed by atoms with Crippen LogP contribution in [-0.2, 0) is 14.3 Å². The molecule has 4 unspecified atom stereocenters. The third-order valence-electron chi connectivity index (χ3n) is 6.70. The van der Waals surface area contributed by atoms with E-state index in [2.05, 4.69) is 10.6 Å². The third kappa shape index (κ3) is 8.36. The van der Waals surface area contributed by atoms with Gasteiger partial charge in [-0.15, -0.1) is 0 Å². The van der Waals surface area contributed by atoms with Crippen LogP contribution in [0.25, 0.3) is 0 Å². The highest BCUT2D eigenvalue weighted by Gasteiger charge is 2.41. The summed E-state index contributed by atoms with van der Waals surface area (Å²) in [5.74, 6) is -1.39. The van der Waals surface area contributed by atoms with Gasteiger partial charge in [-0.1, -0.05) is 69.1 Å². The van der Waals surface area contributed by atoms with Gasteiger partial charge in [0, 0.05) is 11.6 Å². The molecule has 0 aliphatic carbocycles. The minimum atomic E-state index is -1.21. The van der Waals surface area contributed by atoms with Crippen LogP contribution in [0.4, 0.5) is 10.5 Å². The molecule has 0 fully saturated rings. The molecule has 2 rings (SSSR count). The molecule has 3 N–H and O–H groups in total. The maximum Gasteiger partial charge on any atom is 0.408 e. The number of anilines is 1. The van der Waals surface area contributed by atoms with Crippen LogP contribution in [0.1, 0.15) is 78.5 Å². The van der Waals surface area contributed by atoms with Crippen molar-refractivity contribution in [1.82, 2.24) is 10.2 Å². The zero-order valence-electron chi connectivity index (χ0n) is 24.2. The van der Waals surface area contributed by atoms with Gasteiger partial charge in [-0.25, -0.2) is 4.79 Å². The number of nitrogens with one attached hydrogen (secondary N) is 2. The number of alkyl carbamates (subject to hydrolysis) is 1. The molecule has 3 amide bonds. The van der Waals surface area contributed by atoms with Gasteiger partial charge in [-0.3, -0.25) is 9.59 Å². The summed E-state index contributed by atoms with van der Waals surface area (Å²) in [6.07, 6.45) is 0.390. The molecule has 0 aliphatic rings. The summed E-state index contributed by atoms with van der Waals surface area (Å²) < 4.78 is 5.44. The zero-order chi connectivity index (χ0) is 29.5. The van der Waals surface area contributed by atoms with Gasteiger partial charge >= 0.3 is 6.09 Å². The summed E-state index contributed by atoms with van der Waals surface area (Å²) in [7, 11) is 0. The van der Waals surface area contributed by atoms with Gasteiger partial charge in [-0.05, 0) is 64.7 Å². The molecule has 4 atom stereocenters. The number of ether oxygens (including phenoxy) is 1. The number of hydrogen-bond acceptors (Lipinski definition) is 5. The van der Waals surface area contributed by atoms with Crippen LogP contribution < -0.4 is 10.6 Å². The molecular formula is C30H42ClN3O5. The van der Waals surface area contributed by atoms with Gasteiger partial charge < -0.3 is 25.4 Å². The maximum absolute atomic E-state index is 14.3. The van der Waals surface area contributed by atoms with Crippen LogP contribution in [0, 0.1) is 12.8 Å². The first kappa shape index (κ1) is 32.0. The van der Waals surface area contributed by atoms with Crippen molar-refractivity contribution in [1.29, 1.82) is 0 Å². The number of nitrogens with zero attached hydrogens (tertiary/aromatic N) is 1. The van der Waals surface area contributed by atoms with Gasteiger partial charge in [0.05, 0.1) is 10.7 Å². The second kappa shape index (κ2) is 13.7. The van der Waals surface area contributed by atoms with E-state index in [0.717, 1.165) is 5.56 Å². The van der Waals surface area contributed by atoms with Crippen molar-refractivity contribution in [3.05, 3.63) is 58.6 Å². The summed E-state index contributed by atoms with van der Waals surface area (Å²) in [5, 5.41) is 16.8. The van der Waals surface area contributed by atoms with Crippen molar-refractivity contribution < 1.29 is 24.2 Å². The molecule has 0 aromatic heterocycles. The monoisotopic (exact) mass is 559 g/mol. The van der Waals surface area contributed by atoms with E-state index in [1.807, 2.05) is 40.7 Å². The molecule has 8 nitrogen and oxygen atoms in total. The van der Waals surface area contributed by atoms with E-state index in [9.17, 15) is 19.5 Å². The fourth-order valence-electron chi connectivity index (χ4n) is 4.19. The van der Waals surface area contributed by atoms with Gasteiger partial charge in [0.25, 0.3) is 5.91 Å². The smallest absolute Gasteiger partial charge is 0.408 e. The number of aryl methyl sites for hydroxylation is 1. The van der Waals surface area contributed by atoms with Crippen LogP contribution in [0.5, 0.6) is 5.75 Å². The summed E-state index contributed by atoms with van der Waals surface area (Å²) in [6, 6.07) is 9.08. The number of para-hydroxylation sites is 2. The molecule has 0 saturated heterocycles. The summed E-state index contributed by atoms with van der Waals surface area (Å²) in [6.45, 7) is 14.6. The molecule has 39 heavy (non-hydrogen) atoms. The summed E-state index contributed by atoms with van der Waals surface area (Å²) >= 11 is 6.40. The number of carbonyl (C=O) groups excluding carboxylic acids is 3. The number of aromatic hydroxyl groups is 1. The van der Waals surface area contributed by atoms with Crippen LogP contribution in [0.15, 0.2) is 42.5 Å². The Morgan fingerprint density at radius 1 is 1.03 bits per heavy atom. The highest BCUT2D eigenvalue weighted by atomic mass is 35.5. The average Bonchev–Trinajstić information content (AvgIpc) is 2.86. The maximum atomic E-state index is 14.3. The highest BCUT2D eigenvalue weighted by Crippen LogP contribution is 2.35. The lowest BCUT2D eigenvalue weighted by molar-refractivity contribution is -0.144. The van der Waals surface area contributed by atoms with Crippen LogP contribution in [-0.4, -0.2) is 45.6 Å². The summed E-state index contributed by atoms with van der Waals surface area (Å²) in [4.78, 5) is 42.6. The van der Waals surface area contributed by atoms with E-state index in [4.69, 9.17) is 16.3 Å². The van der Waals surface area contributed by atoms with Crippen molar-refractivity contribution >= 4 is 35.2 Å². The lowest BCUT2D eigenvalue weighted by atomic mass is 9.94. The average molecular weight is 560 g/mol. The molecule has 0 heterocycles. The Bertz CT molecular complexity index is 1140. The van der Waals surface area contributed by atoms with Crippen molar-refractivity contribution in [2.24, 2.45) is 5.92 Å². The second-order valence-electron chi connectivity index (χ2n) is 10.9. The molecule has 0 radical (unpaired) electrons. The van der Waals surface area contributed by atoms with Gasteiger partial charge in [0.15, 0.2) is 0 Å². The number of benzene rings is 2. The number of halogens is 1. The zero-order valence-corrected chi connectivity index (χ0v) is 24.9. The fraction of sp³-hybridized carbons (Fsp3) is 0.500.